The van der Waals surface area contributed by atoms with Gasteiger partial charge in [-0.05, 0) is 42.3 Å². The highest BCUT2D eigenvalue weighted by Gasteiger charge is 2.40. The number of hydrogen-bond donors (Lipinski definition) is 1. The van der Waals surface area contributed by atoms with Crippen LogP contribution >= 0.6 is 68.4 Å². The van der Waals surface area contributed by atoms with Crippen LogP contribution in [0.3, 0.4) is 0 Å². The molecular weight excluding hydrogens is 1040 g/mol. The molecule has 0 saturated carbocycles. The number of anilines is 2. The van der Waals surface area contributed by atoms with Crippen LogP contribution in [-0.4, -0.2) is 83.7 Å². The first-order valence-electron chi connectivity index (χ1n) is 23.6. The third-order valence-corrected chi connectivity index (χ3v) is 20.1. The van der Waals surface area contributed by atoms with Crippen molar-refractivity contribution in [1.29, 1.82) is 5.26 Å². The number of thiophene rings is 5. The maximum atomic E-state index is 11.9. The van der Waals surface area contributed by atoms with Gasteiger partial charge in [-0.15, -0.1) is 56.7 Å². The monoisotopic (exact) mass is 1080 g/mol. The molecule has 0 amide bonds. The molecule has 0 saturated heterocycles. The third-order valence-electron chi connectivity index (χ3n) is 12.6. The maximum Gasteiger partial charge on any atom is 0.346 e. The van der Waals surface area contributed by atoms with Crippen LogP contribution in [0.25, 0.3) is 55.5 Å². The molecule has 0 aliphatic carbocycles. The van der Waals surface area contributed by atoms with Crippen LogP contribution in [0.15, 0.2) is 57.8 Å². The first-order valence-corrected chi connectivity index (χ1v) is 28.5. The van der Waals surface area contributed by atoms with Crippen molar-refractivity contribution >= 4 is 91.9 Å². The molecule has 6 aliphatic rings. The smallest absolute Gasteiger partial charge is 0.346 e. The van der Waals surface area contributed by atoms with Crippen molar-refractivity contribution in [3.8, 4) is 113 Å². The number of aliphatic carboxylic acids is 1. The normalized spacial score (nSPS) is 15.9. The third kappa shape index (κ3) is 7.69. The number of ether oxygens (including phenoxy) is 10. The zero-order valence-electron chi connectivity index (χ0n) is 38.5. The van der Waals surface area contributed by atoms with Crippen LogP contribution < -0.4 is 52.3 Å². The minimum Gasteiger partial charge on any atom is -0.485 e. The number of fused-ring (bicyclic) bond motifs is 7. The van der Waals surface area contributed by atoms with Crippen LogP contribution in [-0.2, 0) is 4.79 Å². The summed E-state index contributed by atoms with van der Waals surface area (Å²) in [6, 6.07) is 17.2. The molecule has 13 rings (SSSR count). The number of rotatable bonds is 12. The number of para-hydroxylation sites is 1. The van der Waals surface area contributed by atoms with Gasteiger partial charge in [0.05, 0.1) is 60.1 Å². The zero-order valence-corrected chi connectivity index (χ0v) is 43.4. The van der Waals surface area contributed by atoms with E-state index >= 15 is 0 Å². The SMILES string of the molecule is CCCCCCN1c2ccccc2Sc2cc(-c3sc(-c4sc(-c5sc(-c6sc(-c7sc(/C=C(\C#N)C(=O)O)c8c7OCCO8)c7c6OCCO7)c6c5OCCO6)c5c4OCCO5)c4c3OCCO4)ccc21. The number of carbonyl (C=O) groups is 1. The molecule has 7 aromatic rings. The number of carboxylic acids is 1. The number of nitriles is 1. The summed E-state index contributed by atoms with van der Waals surface area (Å²) in [4.78, 5) is 24.7. The number of unbranched alkanes of at least 4 members (excludes halogenated alkanes) is 3. The van der Waals surface area contributed by atoms with Gasteiger partial charge in [0.1, 0.15) is 77.7 Å². The molecule has 0 atom stereocenters. The number of hydrogen-bond acceptors (Lipinski definition) is 19. The van der Waals surface area contributed by atoms with Gasteiger partial charge in [0.2, 0.25) is 0 Å². The van der Waals surface area contributed by atoms with E-state index in [0.717, 1.165) is 63.3 Å². The average molecular weight is 1080 g/mol. The largest absolute Gasteiger partial charge is 0.485 e. The van der Waals surface area contributed by atoms with Gasteiger partial charge in [0, 0.05) is 16.3 Å². The molecule has 1 N–H and O–H groups in total. The van der Waals surface area contributed by atoms with Gasteiger partial charge in [0.15, 0.2) is 57.5 Å². The van der Waals surface area contributed by atoms with E-state index in [1.165, 1.54) is 80.5 Å². The van der Waals surface area contributed by atoms with Gasteiger partial charge in [-0.2, -0.15) is 5.26 Å². The second-order valence-corrected chi connectivity index (χ2v) is 23.3. The Morgan fingerprint density at radius 2 is 0.958 bits per heavy atom. The Balaban J connectivity index is 0.910. The molecule has 368 valence electrons. The lowest BCUT2D eigenvalue weighted by atomic mass is 10.1. The number of carboxylic acid groups (broad SMARTS) is 1. The predicted molar refractivity (Wildman–Crippen MR) is 281 cm³/mol. The summed E-state index contributed by atoms with van der Waals surface area (Å²) in [5, 5.41) is 19.3. The van der Waals surface area contributed by atoms with Crippen molar-refractivity contribution in [3.05, 3.63) is 52.9 Å². The minimum absolute atomic E-state index is 0.273. The number of benzene rings is 2. The molecule has 14 nitrogen and oxygen atoms in total. The molecule has 20 heteroatoms. The Kier molecular flexibility index (Phi) is 12.0. The highest BCUT2D eigenvalue weighted by molar-refractivity contribution is 7.99. The van der Waals surface area contributed by atoms with Crippen LogP contribution in [0, 0.1) is 11.3 Å². The molecule has 0 radical (unpaired) electrons. The van der Waals surface area contributed by atoms with Gasteiger partial charge in [0.25, 0.3) is 0 Å². The van der Waals surface area contributed by atoms with Crippen LogP contribution in [0.5, 0.6) is 57.5 Å². The molecule has 0 fully saturated rings. The van der Waals surface area contributed by atoms with E-state index in [2.05, 4.69) is 54.3 Å². The van der Waals surface area contributed by atoms with Crippen molar-refractivity contribution < 1.29 is 57.3 Å². The van der Waals surface area contributed by atoms with Crippen molar-refractivity contribution in [1.82, 2.24) is 0 Å². The summed E-state index contributed by atoms with van der Waals surface area (Å²) in [7, 11) is 0. The lowest BCUT2D eigenvalue weighted by Gasteiger charge is -2.33. The molecule has 11 heterocycles. The Bertz CT molecular complexity index is 3390. The van der Waals surface area contributed by atoms with E-state index in [-0.39, 0.29) is 6.61 Å². The molecule has 72 heavy (non-hydrogen) atoms. The molecule has 0 bridgehead atoms. The van der Waals surface area contributed by atoms with E-state index in [0.29, 0.717) is 121 Å². The van der Waals surface area contributed by atoms with Crippen molar-refractivity contribution in [2.75, 3.05) is 77.5 Å². The van der Waals surface area contributed by atoms with Crippen LogP contribution in [0.1, 0.15) is 37.5 Å². The summed E-state index contributed by atoms with van der Waals surface area (Å²) < 4.78 is 64.2. The average Bonchev–Trinajstić information content (AvgIpc) is 4.26. The Morgan fingerprint density at radius 3 is 1.43 bits per heavy atom. The molecule has 5 aromatic heterocycles. The zero-order chi connectivity index (χ0) is 48.5. The summed E-state index contributed by atoms with van der Waals surface area (Å²) >= 11 is 9.25. The van der Waals surface area contributed by atoms with E-state index in [1.807, 2.05) is 11.8 Å². The fourth-order valence-corrected chi connectivity index (χ4v) is 17.0. The predicted octanol–water partition coefficient (Wildman–Crippen LogP) is 13.4. The summed E-state index contributed by atoms with van der Waals surface area (Å²) in [6.07, 6.45) is 6.08. The van der Waals surface area contributed by atoms with E-state index in [4.69, 9.17) is 47.4 Å². The molecule has 0 spiro atoms. The molecule has 6 aliphatic heterocycles. The van der Waals surface area contributed by atoms with Crippen molar-refractivity contribution in [3.63, 3.8) is 0 Å². The lowest BCUT2D eigenvalue weighted by molar-refractivity contribution is -0.132. The van der Waals surface area contributed by atoms with Gasteiger partial charge in [-0.25, -0.2) is 4.79 Å². The first kappa shape index (κ1) is 45.6. The highest BCUT2D eigenvalue weighted by Crippen LogP contribution is 2.68. The second-order valence-electron chi connectivity index (χ2n) is 17.1. The van der Waals surface area contributed by atoms with Gasteiger partial charge >= 0.3 is 5.97 Å². The number of nitrogens with zero attached hydrogens (tertiary/aromatic N) is 2. The van der Waals surface area contributed by atoms with Gasteiger partial charge < -0.3 is 57.4 Å². The van der Waals surface area contributed by atoms with Gasteiger partial charge in [-0.1, -0.05) is 56.1 Å². The van der Waals surface area contributed by atoms with Crippen LogP contribution in [0.2, 0.25) is 0 Å². The highest BCUT2D eigenvalue weighted by atomic mass is 32.2. The van der Waals surface area contributed by atoms with E-state index in [1.54, 1.807) is 28.7 Å². The van der Waals surface area contributed by atoms with Crippen molar-refractivity contribution in [2.24, 2.45) is 0 Å². The first-order chi connectivity index (χ1) is 35.5. The van der Waals surface area contributed by atoms with Crippen molar-refractivity contribution in [2.45, 2.75) is 42.4 Å². The topological polar surface area (TPSA) is 157 Å². The fourth-order valence-electron chi connectivity index (χ4n) is 9.44. The summed E-state index contributed by atoms with van der Waals surface area (Å²) in [5.41, 5.74) is 3.11. The van der Waals surface area contributed by atoms with E-state index in [9.17, 15) is 15.2 Å². The fraction of sp³-hybridized carbons (Fsp3) is 0.308. The van der Waals surface area contributed by atoms with E-state index < -0.39 is 11.5 Å². The summed E-state index contributed by atoms with van der Waals surface area (Å²) in [5.74, 6) is 4.47. The maximum absolute atomic E-state index is 11.9. The minimum atomic E-state index is -1.33. The Morgan fingerprint density at radius 1 is 0.542 bits per heavy atom. The summed E-state index contributed by atoms with van der Waals surface area (Å²) in [6.45, 7) is 6.73. The Hall–Kier alpha value is -6.21. The standard InChI is InChI=1S/C52H42N2O12S6/c1-2-3-4-7-12-54-28-8-5-6-9-30(28)67-31-23-26(10-11-29(31)54)43-35-36(60-16-15-59-35)46(69-43)47-39-40(64-20-19-63-39)50(71-47)51-42-41(65-21-22-66-42)49(72-51)48-38-37(61-17-18-62-38)45(70-48)44-34-33(57-13-14-58-34)32(68-44)24-27(25-53)52(55)56/h5-6,8-11,23-24H,2-4,7,12-22H2,1H3,(H,55,56)/b27-24+. The molecule has 0 unspecified atom stereocenters. The second kappa shape index (κ2) is 19.0. The quantitative estimate of drug-likeness (QED) is 0.0700. The molecule has 2 aromatic carbocycles. The molecular formula is C52H42N2O12S6. The van der Waals surface area contributed by atoms with Gasteiger partial charge in [-0.3, -0.25) is 0 Å². The Labute approximate surface area is 437 Å². The lowest BCUT2D eigenvalue weighted by Crippen LogP contribution is -2.22. The van der Waals surface area contributed by atoms with Crippen LogP contribution in [0.4, 0.5) is 11.4 Å².